The summed E-state index contributed by atoms with van der Waals surface area (Å²) in [4.78, 5) is 6.74. The van der Waals surface area contributed by atoms with Crippen LogP contribution < -0.4 is 0 Å². The molecule has 1 saturated heterocycles. The summed E-state index contributed by atoms with van der Waals surface area (Å²) in [7, 11) is 0. The molecule has 0 bridgehead atoms. The van der Waals surface area contributed by atoms with Crippen LogP contribution in [0.4, 0.5) is 13.2 Å². The molecule has 7 heteroatoms. The minimum Gasteiger partial charge on any atom is -0.383 e. The molecule has 0 amide bonds. The van der Waals surface area contributed by atoms with E-state index in [2.05, 4.69) is 15.3 Å². The Balaban J connectivity index is 1.49. The molecule has 1 aromatic rings. The van der Waals surface area contributed by atoms with Crippen molar-refractivity contribution < 1.29 is 18.3 Å². The van der Waals surface area contributed by atoms with Gasteiger partial charge in [-0.25, -0.2) is 4.98 Å². The average molecular weight is 320 g/mol. The highest BCUT2D eigenvalue weighted by molar-refractivity contribution is 7.09. The summed E-state index contributed by atoms with van der Waals surface area (Å²) in [6.45, 7) is 1.89. The molecule has 2 heterocycles. The van der Waals surface area contributed by atoms with E-state index in [1.165, 1.54) is 17.8 Å². The Morgan fingerprint density at radius 3 is 2.52 bits per heavy atom. The predicted octanol–water partition coefficient (Wildman–Crippen LogP) is 3.16. The van der Waals surface area contributed by atoms with Crippen LogP contribution in [-0.2, 0) is 6.54 Å². The van der Waals surface area contributed by atoms with Gasteiger partial charge in [-0.05, 0) is 44.7 Å². The molecule has 1 aromatic heterocycles. The van der Waals surface area contributed by atoms with Crippen molar-refractivity contribution in [1.82, 2.24) is 9.88 Å². The van der Waals surface area contributed by atoms with Crippen LogP contribution in [0.1, 0.15) is 42.3 Å². The maximum atomic E-state index is 12.5. The first-order valence-electron chi connectivity index (χ1n) is 7.35. The molecule has 2 aliphatic rings. The van der Waals surface area contributed by atoms with Crippen LogP contribution >= 0.6 is 11.3 Å². The molecule has 118 valence electrons. The molecule has 0 aromatic carbocycles. The maximum Gasteiger partial charge on any atom is 0.414 e. The van der Waals surface area contributed by atoms with Gasteiger partial charge in [0.25, 0.3) is 0 Å². The van der Waals surface area contributed by atoms with Gasteiger partial charge in [0.05, 0.1) is 10.7 Å². The van der Waals surface area contributed by atoms with Gasteiger partial charge in [-0.15, -0.1) is 11.3 Å². The van der Waals surface area contributed by atoms with Crippen LogP contribution in [0.15, 0.2) is 5.38 Å². The minimum atomic E-state index is -4.50. The predicted molar refractivity (Wildman–Crippen MR) is 74.2 cm³/mol. The quantitative estimate of drug-likeness (QED) is 0.926. The highest BCUT2D eigenvalue weighted by Gasteiger charge is 2.44. The fraction of sp³-hybridized carbons (Fsp3) is 0.786. The maximum absolute atomic E-state index is 12.5. The zero-order valence-electron chi connectivity index (χ0n) is 11.6. The lowest BCUT2D eigenvalue weighted by Crippen LogP contribution is -2.43. The summed E-state index contributed by atoms with van der Waals surface area (Å²) in [5, 5.41) is 12.6. The molecule has 0 radical (unpaired) electrons. The number of aliphatic hydroxyl groups excluding tert-OH is 1. The Bertz CT molecular complexity index is 479. The highest BCUT2D eigenvalue weighted by atomic mass is 32.1. The minimum absolute atomic E-state index is 0.389. The van der Waals surface area contributed by atoms with Gasteiger partial charge < -0.3 is 5.11 Å². The van der Waals surface area contributed by atoms with E-state index in [-0.39, 0.29) is 0 Å². The monoisotopic (exact) mass is 320 g/mol. The van der Waals surface area contributed by atoms with Gasteiger partial charge in [0.15, 0.2) is 6.10 Å². The van der Waals surface area contributed by atoms with E-state index in [1.807, 2.05) is 0 Å². The molecule has 3 rings (SSSR count). The molecular weight excluding hydrogens is 301 g/mol. The standard InChI is InChI=1S/C14H19F3N2OS/c15-14(16,17)12(20)9-3-5-19(6-4-9)7-11-8-21-13(18-11)10-1-2-10/h8-10,12,20H,1-7H2. The number of thiazole rings is 1. The van der Waals surface area contributed by atoms with Gasteiger partial charge in [0.2, 0.25) is 0 Å². The molecule has 1 unspecified atom stereocenters. The third-order valence-corrected chi connectivity index (χ3v) is 5.35. The van der Waals surface area contributed by atoms with Crippen LogP contribution in [-0.4, -0.2) is 40.4 Å². The lowest BCUT2D eigenvalue weighted by atomic mass is 9.91. The number of aliphatic hydroxyl groups is 1. The molecule has 1 aliphatic carbocycles. The van der Waals surface area contributed by atoms with Crippen molar-refractivity contribution in [2.24, 2.45) is 5.92 Å². The molecular formula is C14H19F3N2OS. The summed E-state index contributed by atoms with van der Waals surface area (Å²) >= 11 is 1.69. The number of aromatic nitrogens is 1. The number of hydrogen-bond donors (Lipinski definition) is 1. The van der Waals surface area contributed by atoms with Gasteiger partial charge in [0.1, 0.15) is 0 Å². The number of rotatable bonds is 4. The Morgan fingerprint density at radius 1 is 1.29 bits per heavy atom. The summed E-state index contributed by atoms with van der Waals surface area (Å²) in [6, 6.07) is 0. The van der Waals surface area contributed by atoms with Gasteiger partial charge in [-0.3, -0.25) is 4.90 Å². The molecule has 21 heavy (non-hydrogen) atoms. The highest BCUT2D eigenvalue weighted by Crippen LogP contribution is 2.41. The van der Waals surface area contributed by atoms with E-state index >= 15 is 0 Å². The van der Waals surface area contributed by atoms with Crippen molar-refractivity contribution in [3.05, 3.63) is 16.1 Å². The first kappa shape index (κ1) is 15.2. The Morgan fingerprint density at radius 2 is 1.95 bits per heavy atom. The average Bonchev–Trinajstić information content (AvgIpc) is 3.19. The summed E-state index contributed by atoms with van der Waals surface area (Å²) in [5.41, 5.74) is 1.02. The van der Waals surface area contributed by atoms with E-state index in [0.29, 0.717) is 38.4 Å². The zero-order chi connectivity index (χ0) is 15.0. The van der Waals surface area contributed by atoms with E-state index < -0.39 is 18.2 Å². The van der Waals surface area contributed by atoms with Crippen molar-refractivity contribution in [3.63, 3.8) is 0 Å². The Kier molecular flexibility index (Phi) is 4.25. The van der Waals surface area contributed by atoms with E-state index in [0.717, 1.165) is 5.69 Å². The number of alkyl halides is 3. The molecule has 3 nitrogen and oxygen atoms in total. The number of hydrogen-bond acceptors (Lipinski definition) is 4. The van der Waals surface area contributed by atoms with Crippen LogP contribution in [0.25, 0.3) is 0 Å². The third kappa shape index (κ3) is 3.76. The van der Waals surface area contributed by atoms with Crippen LogP contribution in [0.5, 0.6) is 0 Å². The largest absolute Gasteiger partial charge is 0.414 e. The number of likely N-dealkylation sites (tertiary alicyclic amines) is 1. The van der Waals surface area contributed by atoms with Crippen molar-refractivity contribution in [2.45, 2.75) is 50.4 Å². The fourth-order valence-corrected chi connectivity index (χ4v) is 3.82. The number of halogens is 3. The normalized spacial score (nSPS) is 23.4. The number of nitrogens with zero attached hydrogens (tertiary/aromatic N) is 2. The Labute approximate surface area is 125 Å². The van der Waals surface area contributed by atoms with Crippen molar-refractivity contribution in [3.8, 4) is 0 Å². The summed E-state index contributed by atoms with van der Waals surface area (Å²) in [6.07, 6.45) is -3.44. The second-order valence-corrected chi connectivity index (χ2v) is 6.94. The second kappa shape index (κ2) is 5.85. The topological polar surface area (TPSA) is 36.4 Å². The van der Waals surface area contributed by atoms with Crippen molar-refractivity contribution in [2.75, 3.05) is 13.1 Å². The smallest absolute Gasteiger partial charge is 0.383 e. The van der Waals surface area contributed by atoms with E-state index in [1.54, 1.807) is 11.3 Å². The summed E-state index contributed by atoms with van der Waals surface area (Å²) < 4.78 is 37.5. The first-order valence-corrected chi connectivity index (χ1v) is 8.23. The van der Waals surface area contributed by atoms with E-state index in [4.69, 9.17) is 0 Å². The lowest BCUT2D eigenvalue weighted by molar-refractivity contribution is -0.223. The summed E-state index contributed by atoms with van der Waals surface area (Å²) in [5.74, 6) is -0.0184. The zero-order valence-corrected chi connectivity index (χ0v) is 12.5. The van der Waals surface area contributed by atoms with Gasteiger partial charge >= 0.3 is 6.18 Å². The van der Waals surface area contributed by atoms with Crippen LogP contribution in [0.2, 0.25) is 0 Å². The van der Waals surface area contributed by atoms with Gasteiger partial charge in [-0.1, -0.05) is 0 Å². The van der Waals surface area contributed by atoms with Crippen LogP contribution in [0.3, 0.4) is 0 Å². The van der Waals surface area contributed by atoms with Gasteiger partial charge in [-0.2, -0.15) is 13.2 Å². The van der Waals surface area contributed by atoms with Crippen molar-refractivity contribution in [1.29, 1.82) is 0 Å². The molecule has 2 fully saturated rings. The molecule has 1 aliphatic heterocycles. The number of piperidine rings is 1. The van der Waals surface area contributed by atoms with E-state index in [9.17, 15) is 18.3 Å². The fourth-order valence-electron chi connectivity index (χ4n) is 2.84. The molecule has 1 atom stereocenters. The molecule has 1 saturated carbocycles. The first-order chi connectivity index (χ1) is 9.93. The van der Waals surface area contributed by atoms with Crippen molar-refractivity contribution >= 4 is 11.3 Å². The van der Waals surface area contributed by atoms with Gasteiger partial charge in [0, 0.05) is 17.8 Å². The second-order valence-electron chi connectivity index (χ2n) is 6.05. The SMILES string of the molecule is OC(C1CCN(Cc2csc(C3CC3)n2)CC1)C(F)(F)F. The molecule has 1 N–H and O–H groups in total. The van der Waals surface area contributed by atoms with Crippen LogP contribution in [0, 0.1) is 5.92 Å². The Hall–Kier alpha value is -0.660. The molecule has 0 spiro atoms. The third-order valence-electron chi connectivity index (χ3n) is 4.30. The lowest BCUT2D eigenvalue weighted by Gasteiger charge is -2.34.